The molecule has 0 aromatic rings. The van der Waals surface area contributed by atoms with Crippen LogP contribution < -0.4 is 0 Å². The Balaban J connectivity index is 2.42. The smallest absolute Gasteiger partial charge is 0.116 e. The van der Waals surface area contributed by atoms with Crippen LogP contribution in [0.3, 0.4) is 0 Å². The van der Waals surface area contributed by atoms with Crippen LogP contribution in [0, 0.1) is 0 Å². The van der Waals surface area contributed by atoms with E-state index >= 15 is 0 Å². The van der Waals surface area contributed by atoms with Gasteiger partial charge in [0.15, 0.2) is 0 Å². The number of rotatable bonds is 3. The fourth-order valence-electron chi connectivity index (χ4n) is 1.39. The maximum absolute atomic E-state index is 12.3. The van der Waals surface area contributed by atoms with E-state index in [0.29, 0.717) is 0 Å². The highest BCUT2D eigenvalue weighted by Crippen LogP contribution is 2.09. The molecule has 0 N–H and O–H groups in total. The maximum Gasteiger partial charge on any atom is 0.116 e. The van der Waals surface area contributed by atoms with Gasteiger partial charge in [-0.1, -0.05) is 13.2 Å². The predicted molar refractivity (Wildman–Crippen MR) is 57.6 cm³/mol. The molecule has 0 aliphatic carbocycles. The van der Waals surface area contributed by atoms with Crippen LogP contribution in [0.1, 0.15) is 0 Å². The molecule has 0 radical (unpaired) electrons. The summed E-state index contributed by atoms with van der Waals surface area (Å²) >= 11 is 0. The van der Waals surface area contributed by atoms with Gasteiger partial charge in [0, 0.05) is 31.9 Å². The molecule has 0 bridgehead atoms. The topological polar surface area (TPSA) is 6.48 Å². The van der Waals surface area contributed by atoms with Crippen LogP contribution in [0.2, 0.25) is 0 Å². The summed E-state index contributed by atoms with van der Waals surface area (Å²) in [4.78, 5) is 4.42. The van der Waals surface area contributed by atoms with Gasteiger partial charge >= 0.3 is 0 Å². The fourth-order valence-corrected chi connectivity index (χ4v) is 1.39. The zero-order chi connectivity index (χ0) is 10.6. The van der Waals surface area contributed by atoms with E-state index in [2.05, 4.69) is 30.0 Å². The van der Waals surface area contributed by atoms with Crippen LogP contribution >= 0.6 is 0 Å². The van der Waals surface area contributed by atoms with E-state index in [0.717, 1.165) is 31.9 Å². The van der Waals surface area contributed by atoms with Crippen LogP contribution in [0.4, 0.5) is 4.39 Å². The Morgan fingerprint density at radius 2 is 1.71 bits per heavy atom. The monoisotopic (exact) mass is 196 g/mol. The average Bonchev–Trinajstić information content (AvgIpc) is 2.15. The molecule has 1 aliphatic rings. The highest BCUT2D eigenvalue weighted by Gasteiger charge is 2.13. The highest BCUT2D eigenvalue weighted by atomic mass is 19.1. The van der Waals surface area contributed by atoms with E-state index in [-0.39, 0.29) is 0 Å². The lowest BCUT2D eigenvalue weighted by atomic mass is 10.3. The Kier molecular flexibility index (Phi) is 3.89. The van der Waals surface area contributed by atoms with Crippen molar-refractivity contribution in [1.82, 2.24) is 9.80 Å². The Morgan fingerprint density at radius 3 is 2.21 bits per heavy atom. The second kappa shape index (κ2) is 4.96. The van der Waals surface area contributed by atoms with Gasteiger partial charge in [-0.2, -0.15) is 0 Å². The third-order valence-corrected chi connectivity index (χ3v) is 2.37. The first-order chi connectivity index (χ1) is 6.59. The molecule has 0 saturated carbocycles. The molecule has 0 aromatic carbocycles. The number of hydrogen-bond donors (Lipinski definition) is 0. The van der Waals surface area contributed by atoms with Crippen molar-refractivity contribution in [3.05, 3.63) is 36.8 Å². The summed E-state index contributed by atoms with van der Waals surface area (Å²) in [7, 11) is 2.10. The third kappa shape index (κ3) is 3.34. The first-order valence-electron chi connectivity index (χ1n) is 4.74. The van der Waals surface area contributed by atoms with Gasteiger partial charge in [-0.15, -0.1) is 0 Å². The summed E-state index contributed by atoms with van der Waals surface area (Å²) in [6.07, 6.45) is 3.02. The molecule has 0 atom stereocenters. The quantitative estimate of drug-likeness (QED) is 0.635. The molecule has 0 spiro atoms. The molecule has 0 unspecified atom stereocenters. The minimum absolute atomic E-state index is 0.430. The normalized spacial score (nSPS) is 18.9. The van der Waals surface area contributed by atoms with E-state index < -0.39 is 5.83 Å². The lowest BCUT2D eigenvalue weighted by molar-refractivity contribution is 0.190. The van der Waals surface area contributed by atoms with Crippen LogP contribution in [-0.4, -0.2) is 43.0 Å². The highest BCUT2D eigenvalue weighted by molar-refractivity contribution is 5.20. The van der Waals surface area contributed by atoms with Gasteiger partial charge in [0.25, 0.3) is 0 Å². The Hall–Kier alpha value is -1.09. The van der Waals surface area contributed by atoms with E-state index in [1.165, 1.54) is 6.08 Å². The van der Waals surface area contributed by atoms with Gasteiger partial charge in [-0.05, 0) is 19.2 Å². The SMILES string of the molecule is C=C(F)/C=C\C(=C)N1CCN(C)CC1. The summed E-state index contributed by atoms with van der Waals surface area (Å²) < 4.78 is 12.3. The molecule has 0 aromatic heterocycles. The van der Waals surface area contributed by atoms with Crippen molar-refractivity contribution in [3.63, 3.8) is 0 Å². The summed E-state index contributed by atoms with van der Waals surface area (Å²) in [5.41, 5.74) is 0.858. The minimum atomic E-state index is -0.430. The molecule has 0 amide bonds. The summed E-state index contributed by atoms with van der Waals surface area (Å²) in [5, 5.41) is 0. The van der Waals surface area contributed by atoms with E-state index in [9.17, 15) is 4.39 Å². The second-order valence-corrected chi connectivity index (χ2v) is 3.56. The van der Waals surface area contributed by atoms with E-state index in [4.69, 9.17) is 0 Å². The largest absolute Gasteiger partial charge is 0.369 e. The molecule has 78 valence electrons. The molecule has 1 rings (SSSR count). The third-order valence-electron chi connectivity index (χ3n) is 2.37. The van der Waals surface area contributed by atoms with Crippen LogP contribution in [0.25, 0.3) is 0 Å². The lowest BCUT2D eigenvalue weighted by Crippen LogP contribution is -2.43. The van der Waals surface area contributed by atoms with Crippen molar-refractivity contribution in [2.24, 2.45) is 0 Å². The van der Waals surface area contributed by atoms with Gasteiger partial charge in [0.1, 0.15) is 5.83 Å². The average molecular weight is 196 g/mol. The van der Waals surface area contributed by atoms with Gasteiger partial charge in [0.2, 0.25) is 0 Å². The zero-order valence-electron chi connectivity index (χ0n) is 8.67. The summed E-state index contributed by atoms with van der Waals surface area (Å²) in [6, 6.07) is 0. The van der Waals surface area contributed by atoms with Gasteiger partial charge in [0.05, 0.1) is 0 Å². The van der Waals surface area contributed by atoms with Crippen molar-refractivity contribution in [2.45, 2.75) is 0 Å². The Morgan fingerprint density at radius 1 is 1.14 bits per heavy atom. The van der Waals surface area contributed by atoms with Gasteiger partial charge in [-0.25, -0.2) is 4.39 Å². The molecule has 1 heterocycles. The molecular formula is C11H17FN2. The second-order valence-electron chi connectivity index (χ2n) is 3.56. The van der Waals surface area contributed by atoms with Crippen LogP contribution in [-0.2, 0) is 0 Å². The predicted octanol–water partition coefficient (Wildman–Crippen LogP) is 1.79. The fraction of sp³-hybridized carbons (Fsp3) is 0.455. The van der Waals surface area contributed by atoms with Crippen LogP contribution in [0.5, 0.6) is 0 Å². The lowest BCUT2D eigenvalue weighted by Gasteiger charge is -2.34. The molecule has 14 heavy (non-hydrogen) atoms. The van der Waals surface area contributed by atoms with Gasteiger partial charge < -0.3 is 9.80 Å². The summed E-state index contributed by atoms with van der Waals surface area (Å²) in [6.45, 7) is 11.0. The van der Waals surface area contributed by atoms with Crippen molar-refractivity contribution in [3.8, 4) is 0 Å². The van der Waals surface area contributed by atoms with Crippen molar-refractivity contribution >= 4 is 0 Å². The number of piperazine rings is 1. The number of nitrogens with zero attached hydrogens (tertiary/aromatic N) is 2. The molecule has 2 nitrogen and oxygen atoms in total. The number of likely N-dealkylation sites (N-methyl/N-ethyl adjacent to an activating group) is 1. The van der Waals surface area contributed by atoms with Gasteiger partial charge in [-0.3, -0.25) is 0 Å². The standard InChI is InChI=1S/C11H17FN2/c1-10(12)4-5-11(2)14-8-6-13(3)7-9-14/h4-5H,1-2,6-9H2,3H3/b5-4-. The first-order valence-corrected chi connectivity index (χ1v) is 4.74. The van der Waals surface area contributed by atoms with Crippen LogP contribution in [0.15, 0.2) is 36.8 Å². The minimum Gasteiger partial charge on any atom is -0.369 e. The van der Waals surface area contributed by atoms with Crippen molar-refractivity contribution in [1.29, 1.82) is 0 Å². The molecule has 1 fully saturated rings. The molecule has 1 saturated heterocycles. The number of hydrogen-bond acceptors (Lipinski definition) is 2. The molecule has 3 heteroatoms. The van der Waals surface area contributed by atoms with Crippen molar-refractivity contribution < 1.29 is 4.39 Å². The van der Waals surface area contributed by atoms with E-state index in [1.54, 1.807) is 6.08 Å². The first kappa shape index (κ1) is 11.0. The molecular weight excluding hydrogens is 179 g/mol. The Labute approximate surface area is 85.0 Å². The Bertz CT molecular complexity index is 250. The maximum atomic E-state index is 12.3. The van der Waals surface area contributed by atoms with Crippen molar-refractivity contribution in [2.75, 3.05) is 33.2 Å². The zero-order valence-corrected chi connectivity index (χ0v) is 8.67. The van der Waals surface area contributed by atoms with E-state index in [1.807, 2.05) is 0 Å². The number of halogens is 1. The summed E-state index contributed by atoms with van der Waals surface area (Å²) in [5.74, 6) is -0.430. The molecule has 1 aliphatic heterocycles. The number of allylic oxidation sites excluding steroid dienone is 3.